The maximum Gasteiger partial charge on any atom is 0.325 e. The minimum atomic E-state index is -1.37. The highest BCUT2D eigenvalue weighted by Gasteiger charge is 2.32. The predicted octanol–water partition coefficient (Wildman–Crippen LogP) is -0.947. The SMILES string of the molecule is CSCCC(N)C(=O)NC(CC(C)C)C(=O)NC(C(=O)NC(C)C(=O)O)C(C)O. The minimum Gasteiger partial charge on any atom is -0.480 e. The number of carbonyl (C=O) groups excluding carboxylic acids is 3. The molecular formula is C18H34N4O6S. The number of nitrogens with one attached hydrogen (secondary N) is 3. The number of aliphatic hydroxyl groups excluding tert-OH is 1. The van der Waals surface area contributed by atoms with E-state index in [0.29, 0.717) is 18.6 Å². The molecule has 0 aliphatic rings. The van der Waals surface area contributed by atoms with Crippen molar-refractivity contribution in [3.63, 3.8) is 0 Å². The predicted molar refractivity (Wildman–Crippen MR) is 111 cm³/mol. The molecule has 0 radical (unpaired) electrons. The number of aliphatic hydroxyl groups is 1. The number of carboxylic acids is 1. The van der Waals surface area contributed by atoms with Gasteiger partial charge in [0.05, 0.1) is 12.1 Å². The first-order valence-electron chi connectivity index (χ1n) is 9.47. The molecule has 5 atom stereocenters. The van der Waals surface area contributed by atoms with Gasteiger partial charge in [0.25, 0.3) is 0 Å². The van der Waals surface area contributed by atoms with Gasteiger partial charge in [-0.1, -0.05) is 13.8 Å². The Hall–Kier alpha value is -1.85. The fourth-order valence-corrected chi connectivity index (χ4v) is 2.87. The lowest BCUT2D eigenvalue weighted by Crippen LogP contribution is -2.59. The number of carboxylic acid groups (broad SMARTS) is 1. The molecule has 0 aromatic rings. The van der Waals surface area contributed by atoms with Gasteiger partial charge >= 0.3 is 5.97 Å². The highest BCUT2D eigenvalue weighted by atomic mass is 32.2. The van der Waals surface area contributed by atoms with Crippen molar-refractivity contribution in [1.29, 1.82) is 0 Å². The molecule has 0 bridgehead atoms. The first kappa shape index (κ1) is 27.1. The van der Waals surface area contributed by atoms with E-state index in [1.807, 2.05) is 20.1 Å². The third-order valence-electron chi connectivity index (χ3n) is 4.10. The van der Waals surface area contributed by atoms with Crippen molar-refractivity contribution in [2.45, 2.75) is 70.8 Å². The molecule has 0 aromatic carbocycles. The monoisotopic (exact) mass is 434 g/mol. The average molecular weight is 435 g/mol. The van der Waals surface area contributed by atoms with E-state index in [1.165, 1.54) is 13.8 Å². The van der Waals surface area contributed by atoms with Crippen molar-refractivity contribution in [3.05, 3.63) is 0 Å². The number of nitrogens with two attached hydrogens (primary N) is 1. The standard InChI is InChI=1S/C18H34N4O6S/c1-9(2)8-13(21-15(24)12(19)6-7-29-5)16(25)22-14(11(4)23)17(26)20-10(3)18(27)28/h9-14,23H,6-8,19H2,1-5H3,(H,20,26)(H,21,24)(H,22,25)(H,27,28). The van der Waals surface area contributed by atoms with Crippen LogP contribution in [0, 0.1) is 5.92 Å². The van der Waals surface area contributed by atoms with Crippen molar-refractivity contribution in [2.75, 3.05) is 12.0 Å². The molecule has 10 nitrogen and oxygen atoms in total. The fraction of sp³-hybridized carbons (Fsp3) is 0.778. The second-order valence-corrected chi connectivity index (χ2v) is 8.36. The number of amides is 3. The van der Waals surface area contributed by atoms with Crippen LogP contribution >= 0.6 is 11.8 Å². The Morgan fingerprint density at radius 3 is 2.00 bits per heavy atom. The van der Waals surface area contributed by atoms with E-state index in [9.17, 15) is 24.3 Å². The van der Waals surface area contributed by atoms with Gasteiger partial charge in [0.15, 0.2) is 0 Å². The number of hydrogen-bond acceptors (Lipinski definition) is 7. The van der Waals surface area contributed by atoms with Gasteiger partial charge in [-0.2, -0.15) is 11.8 Å². The maximum absolute atomic E-state index is 12.7. The Morgan fingerprint density at radius 2 is 1.55 bits per heavy atom. The molecular weight excluding hydrogens is 400 g/mol. The summed E-state index contributed by atoms with van der Waals surface area (Å²) >= 11 is 1.55. The summed E-state index contributed by atoms with van der Waals surface area (Å²) < 4.78 is 0. The van der Waals surface area contributed by atoms with Crippen LogP contribution in [0.25, 0.3) is 0 Å². The summed E-state index contributed by atoms with van der Waals surface area (Å²) in [6.45, 7) is 6.30. The zero-order chi connectivity index (χ0) is 22.7. The lowest BCUT2D eigenvalue weighted by atomic mass is 10.0. The molecule has 0 aliphatic heterocycles. The summed E-state index contributed by atoms with van der Waals surface area (Å²) in [5.74, 6) is -2.47. The molecule has 5 unspecified atom stereocenters. The molecule has 0 saturated heterocycles. The van der Waals surface area contributed by atoms with Crippen molar-refractivity contribution >= 4 is 35.5 Å². The normalized spacial score (nSPS) is 16.3. The summed E-state index contributed by atoms with van der Waals surface area (Å²) in [4.78, 5) is 48.2. The Morgan fingerprint density at radius 1 is 0.966 bits per heavy atom. The lowest BCUT2D eigenvalue weighted by Gasteiger charge is -2.26. The number of thioether (sulfide) groups is 1. The molecule has 168 valence electrons. The van der Waals surface area contributed by atoms with Crippen molar-refractivity contribution in [3.8, 4) is 0 Å². The van der Waals surface area contributed by atoms with E-state index < -0.39 is 54.0 Å². The average Bonchev–Trinajstić information content (AvgIpc) is 2.62. The van der Waals surface area contributed by atoms with Gasteiger partial charge in [0.1, 0.15) is 18.1 Å². The van der Waals surface area contributed by atoms with Crippen LogP contribution < -0.4 is 21.7 Å². The van der Waals surface area contributed by atoms with Crippen LogP contribution in [0.4, 0.5) is 0 Å². The number of aliphatic carboxylic acids is 1. The molecule has 3 amide bonds. The third kappa shape index (κ3) is 10.5. The van der Waals surface area contributed by atoms with Crippen LogP contribution in [0.1, 0.15) is 40.5 Å². The Kier molecular flexibility index (Phi) is 12.5. The topological polar surface area (TPSA) is 171 Å². The van der Waals surface area contributed by atoms with Crippen LogP contribution in [0.5, 0.6) is 0 Å². The van der Waals surface area contributed by atoms with Gasteiger partial charge in [-0.15, -0.1) is 0 Å². The Labute approximate surface area is 175 Å². The fourth-order valence-electron chi connectivity index (χ4n) is 2.38. The van der Waals surface area contributed by atoms with E-state index in [2.05, 4.69) is 16.0 Å². The first-order valence-corrected chi connectivity index (χ1v) is 10.9. The third-order valence-corrected chi connectivity index (χ3v) is 4.75. The quantitative estimate of drug-likeness (QED) is 0.215. The van der Waals surface area contributed by atoms with E-state index >= 15 is 0 Å². The molecule has 0 fully saturated rings. The molecule has 0 aromatic heterocycles. The zero-order valence-corrected chi connectivity index (χ0v) is 18.4. The van der Waals surface area contributed by atoms with Crippen molar-refractivity contribution < 1.29 is 29.4 Å². The summed E-state index contributed by atoms with van der Waals surface area (Å²) in [6, 6.07) is -4.28. The molecule has 29 heavy (non-hydrogen) atoms. The summed E-state index contributed by atoms with van der Waals surface area (Å²) in [7, 11) is 0. The zero-order valence-electron chi connectivity index (χ0n) is 17.6. The van der Waals surface area contributed by atoms with Crippen LogP contribution in [0.15, 0.2) is 0 Å². The van der Waals surface area contributed by atoms with E-state index in [4.69, 9.17) is 10.8 Å². The van der Waals surface area contributed by atoms with Gasteiger partial charge < -0.3 is 31.9 Å². The lowest BCUT2D eigenvalue weighted by molar-refractivity contribution is -0.142. The molecule has 0 rings (SSSR count). The van der Waals surface area contributed by atoms with Crippen LogP contribution in [-0.2, 0) is 19.2 Å². The van der Waals surface area contributed by atoms with Gasteiger partial charge in [-0.25, -0.2) is 0 Å². The Balaban J connectivity index is 5.22. The molecule has 0 aliphatic carbocycles. The van der Waals surface area contributed by atoms with Gasteiger partial charge in [-0.3, -0.25) is 19.2 Å². The minimum absolute atomic E-state index is 0.0549. The molecule has 11 heteroatoms. The second kappa shape index (κ2) is 13.4. The van der Waals surface area contributed by atoms with Crippen LogP contribution in [-0.4, -0.2) is 76.2 Å². The van der Waals surface area contributed by atoms with E-state index in [-0.39, 0.29) is 5.92 Å². The Bertz CT molecular complexity index is 573. The number of hydrogen-bond donors (Lipinski definition) is 6. The van der Waals surface area contributed by atoms with E-state index in [0.717, 1.165) is 0 Å². The van der Waals surface area contributed by atoms with Gasteiger partial charge in [-0.05, 0) is 44.6 Å². The van der Waals surface area contributed by atoms with Crippen molar-refractivity contribution in [1.82, 2.24) is 16.0 Å². The molecule has 0 heterocycles. The summed E-state index contributed by atoms with van der Waals surface area (Å²) in [5, 5.41) is 26.0. The maximum atomic E-state index is 12.7. The first-order chi connectivity index (χ1) is 13.4. The smallest absolute Gasteiger partial charge is 0.325 e. The van der Waals surface area contributed by atoms with Crippen LogP contribution in [0.2, 0.25) is 0 Å². The number of carbonyl (C=O) groups is 4. The summed E-state index contributed by atoms with van der Waals surface area (Å²) in [6.07, 6.45) is 1.37. The summed E-state index contributed by atoms with van der Waals surface area (Å²) in [5.41, 5.74) is 5.85. The van der Waals surface area contributed by atoms with E-state index in [1.54, 1.807) is 11.8 Å². The number of rotatable bonds is 13. The highest BCUT2D eigenvalue weighted by molar-refractivity contribution is 7.98. The van der Waals surface area contributed by atoms with Crippen LogP contribution in [0.3, 0.4) is 0 Å². The molecule has 0 saturated carbocycles. The molecule has 7 N–H and O–H groups in total. The largest absolute Gasteiger partial charge is 0.480 e. The van der Waals surface area contributed by atoms with Gasteiger partial charge in [0.2, 0.25) is 17.7 Å². The second-order valence-electron chi connectivity index (χ2n) is 7.37. The highest BCUT2D eigenvalue weighted by Crippen LogP contribution is 2.08. The van der Waals surface area contributed by atoms with Gasteiger partial charge in [0, 0.05) is 0 Å². The molecule has 0 spiro atoms. The van der Waals surface area contributed by atoms with Crippen molar-refractivity contribution in [2.24, 2.45) is 11.7 Å².